The molecule has 0 radical (unpaired) electrons. The van der Waals surface area contributed by atoms with E-state index < -0.39 is 0 Å². The van der Waals surface area contributed by atoms with Crippen LogP contribution >= 0.6 is 0 Å². The van der Waals surface area contributed by atoms with E-state index in [-0.39, 0.29) is 5.97 Å². The number of hydrogen-bond donors (Lipinski definition) is 0. The lowest BCUT2D eigenvalue weighted by atomic mass is 10.0. The van der Waals surface area contributed by atoms with Gasteiger partial charge in [-0.05, 0) is 12.8 Å². The number of hydrogen-bond acceptors (Lipinski definition) is 2. The van der Waals surface area contributed by atoms with Crippen molar-refractivity contribution in [2.45, 2.75) is 142 Å². The Balaban J connectivity index is 3.09. The standard InChI is InChI=1S/C24H48O2/c1-3-5-7-9-10-11-12-13-14-15-16-17-19-21-23-26-24(25)22-20-18-8-6-4-2/h3-23H2,1-2H3. The highest BCUT2D eigenvalue weighted by Gasteiger charge is 2.02. The van der Waals surface area contributed by atoms with Crippen LogP contribution in [0, 0.1) is 0 Å². The molecule has 0 aromatic rings. The molecule has 0 aromatic carbocycles. The van der Waals surface area contributed by atoms with Crippen molar-refractivity contribution in [2.75, 3.05) is 6.61 Å². The molecule has 0 aliphatic heterocycles. The molecule has 0 saturated carbocycles. The molecule has 26 heavy (non-hydrogen) atoms. The largest absolute Gasteiger partial charge is 0.466 e. The highest BCUT2D eigenvalue weighted by molar-refractivity contribution is 5.69. The van der Waals surface area contributed by atoms with E-state index in [9.17, 15) is 4.79 Å². The maximum Gasteiger partial charge on any atom is 0.305 e. The number of unbranched alkanes of at least 4 members (excludes halogenated alkanes) is 17. The Hall–Kier alpha value is -0.530. The van der Waals surface area contributed by atoms with Crippen molar-refractivity contribution in [3.05, 3.63) is 0 Å². The number of carbonyl (C=O) groups is 1. The molecule has 0 saturated heterocycles. The fourth-order valence-electron chi connectivity index (χ4n) is 3.43. The lowest BCUT2D eigenvalue weighted by molar-refractivity contribution is -0.143. The van der Waals surface area contributed by atoms with E-state index in [1.807, 2.05) is 0 Å². The number of ether oxygens (including phenoxy) is 1. The van der Waals surface area contributed by atoms with Crippen LogP contribution < -0.4 is 0 Å². The summed E-state index contributed by atoms with van der Waals surface area (Å²) in [5.41, 5.74) is 0. The van der Waals surface area contributed by atoms with Gasteiger partial charge in [0.2, 0.25) is 0 Å². The molecule has 0 aliphatic rings. The Morgan fingerprint density at radius 1 is 0.500 bits per heavy atom. The Morgan fingerprint density at radius 3 is 1.27 bits per heavy atom. The van der Waals surface area contributed by atoms with Crippen molar-refractivity contribution >= 4 is 5.97 Å². The highest BCUT2D eigenvalue weighted by Crippen LogP contribution is 2.13. The van der Waals surface area contributed by atoms with E-state index in [1.165, 1.54) is 109 Å². The molecule has 0 spiro atoms. The minimum atomic E-state index is 0.0104. The van der Waals surface area contributed by atoms with Crippen LogP contribution in [0.25, 0.3) is 0 Å². The van der Waals surface area contributed by atoms with Gasteiger partial charge in [0.1, 0.15) is 0 Å². The lowest BCUT2D eigenvalue weighted by Gasteiger charge is -2.05. The van der Waals surface area contributed by atoms with Crippen molar-refractivity contribution in [3.63, 3.8) is 0 Å². The summed E-state index contributed by atoms with van der Waals surface area (Å²) in [5, 5.41) is 0. The van der Waals surface area contributed by atoms with Crippen LogP contribution in [0.5, 0.6) is 0 Å². The van der Waals surface area contributed by atoms with Crippen molar-refractivity contribution in [1.29, 1.82) is 0 Å². The van der Waals surface area contributed by atoms with Crippen LogP contribution in [0.1, 0.15) is 142 Å². The van der Waals surface area contributed by atoms with Gasteiger partial charge >= 0.3 is 5.97 Å². The topological polar surface area (TPSA) is 26.3 Å². The Morgan fingerprint density at radius 2 is 0.846 bits per heavy atom. The Kier molecular flexibility index (Phi) is 22.1. The van der Waals surface area contributed by atoms with Crippen LogP contribution in [0.4, 0.5) is 0 Å². The van der Waals surface area contributed by atoms with Gasteiger partial charge in [0.15, 0.2) is 0 Å². The first kappa shape index (κ1) is 25.5. The molecule has 0 fully saturated rings. The molecule has 0 amide bonds. The maximum atomic E-state index is 11.6. The Bertz CT molecular complexity index is 275. The van der Waals surface area contributed by atoms with Gasteiger partial charge in [0.25, 0.3) is 0 Å². The van der Waals surface area contributed by atoms with E-state index in [1.54, 1.807) is 0 Å². The molecule has 0 unspecified atom stereocenters. The first-order valence-corrected chi connectivity index (χ1v) is 12.0. The summed E-state index contributed by atoms with van der Waals surface area (Å²) in [7, 11) is 0. The molecule has 0 atom stereocenters. The monoisotopic (exact) mass is 368 g/mol. The third kappa shape index (κ3) is 21.5. The summed E-state index contributed by atoms with van der Waals surface area (Å²) < 4.78 is 5.32. The van der Waals surface area contributed by atoms with Crippen LogP contribution in [0.3, 0.4) is 0 Å². The summed E-state index contributed by atoms with van der Waals surface area (Å²) in [6, 6.07) is 0. The average Bonchev–Trinajstić information content (AvgIpc) is 2.64. The van der Waals surface area contributed by atoms with Crippen LogP contribution in [0.15, 0.2) is 0 Å². The first-order valence-electron chi connectivity index (χ1n) is 12.0. The van der Waals surface area contributed by atoms with Crippen molar-refractivity contribution in [1.82, 2.24) is 0 Å². The quantitative estimate of drug-likeness (QED) is 0.150. The Labute approximate surface area is 164 Å². The predicted molar refractivity (Wildman–Crippen MR) is 115 cm³/mol. The van der Waals surface area contributed by atoms with E-state index in [2.05, 4.69) is 13.8 Å². The van der Waals surface area contributed by atoms with Crippen molar-refractivity contribution < 1.29 is 9.53 Å². The van der Waals surface area contributed by atoms with E-state index >= 15 is 0 Å². The normalized spacial score (nSPS) is 11.0. The number of rotatable bonds is 21. The maximum absolute atomic E-state index is 11.6. The molecular weight excluding hydrogens is 320 g/mol. The second-order valence-corrected chi connectivity index (χ2v) is 7.98. The zero-order valence-electron chi connectivity index (χ0n) is 18.2. The number of esters is 1. The molecule has 0 N–H and O–H groups in total. The molecule has 156 valence electrons. The van der Waals surface area contributed by atoms with Gasteiger partial charge in [-0.25, -0.2) is 0 Å². The fourth-order valence-corrected chi connectivity index (χ4v) is 3.43. The van der Waals surface area contributed by atoms with Crippen LogP contribution in [0.2, 0.25) is 0 Å². The molecule has 0 aromatic heterocycles. The molecule has 0 aliphatic carbocycles. The smallest absolute Gasteiger partial charge is 0.305 e. The van der Waals surface area contributed by atoms with Gasteiger partial charge in [-0.2, -0.15) is 0 Å². The molecular formula is C24H48O2. The minimum absolute atomic E-state index is 0.0104. The lowest BCUT2D eigenvalue weighted by Crippen LogP contribution is -2.05. The summed E-state index contributed by atoms with van der Waals surface area (Å²) in [6.45, 7) is 5.12. The van der Waals surface area contributed by atoms with Crippen LogP contribution in [-0.2, 0) is 9.53 Å². The second-order valence-electron chi connectivity index (χ2n) is 7.98. The van der Waals surface area contributed by atoms with E-state index in [0.29, 0.717) is 13.0 Å². The second kappa shape index (κ2) is 22.5. The fraction of sp³-hybridized carbons (Fsp3) is 0.958. The van der Waals surface area contributed by atoms with E-state index in [0.717, 1.165) is 12.8 Å². The van der Waals surface area contributed by atoms with Crippen LogP contribution in [-0.4, -0.2) is 12.6 Å². The predicted octanol–water partition coefficient (Wildman–Crippen LogP) is 8.37. The summed E-state index contributed by atoms with van der Waals surface area (Å²) in [6.07, 6.45) is 25.6. The van der Waals surface area contributed by atoms with E-state index in [4.69, 9.17) is 4.74 Å². The highest BCUT2D eigenvalue weighted by atomic mass is 16.5. The minimum Gasteiger partial charge on any atom is -0.466 e. The molecule has 0 bridgehead atoms. The van der Waals surface area contributed by atoms with Gasteiger partial charge in [0, 0.05) is 6.42 Å². The molecule has 2 heteroatoms. The van der Waals surface area contributed by atoms with Crippen molar-refractivity contribution in [3.8, 4) is 0 Å². The summed E-state index contributed by atoms with van der Waals surface area (Å²) in [4.78, 5) is 11.6. The zero-order chi connectivity index (χ0) is 19.1. The van der Waals surface area contributed by atoms with Gasteiger partial charge in [0.05, 0.1) is 6.61 Å². The molecule has 0 rings (SSSR count). The summed E-state index contributed by atoms with van der Waals surface area (Å²) >= 11 is 0. The van der Waals surface area contributed by atoms with Gasteiger partial charge in [-0.3, -0.25) is 4.79 Å². The first-order chi connectivity index (χ1) is 12.8. The van der Waals surface area contributed by atoms with Gasteiger partial charge in [-0.1, -0.05) is 123 Å². The number of carbonyl (C=O) groups excluding carboxylic acids is 1. The summed E-state index contributed by atoms with van der Waals surface area (Å²) in [5.74, 6) is 0.0104. The van der Waals surface area contributed by atoms with Crippen molar-refractivity contribution in [2.24, 2.45) is 0 Å². The molecule has 0 heterocycles. The van der Waals surface area contributed by atoms with Gasteiger partial charge < -0.3 is 4.74 Å². The molecule has 2 nitrogen and oxygen atoms in total. The third-order valence-corrected chi connectivity index (χ3v) is 5.25. The average molecular weight is 369 g/mol. The van der Waals surface area contributed by atoms with Gasteiger partial charge in [-0.15, -0.1) is 0 Å². The third-order valence-electron chi connectivity index (χ3n) is 5.25. The zero-order valence-corrected chi connectivity index (χ0v) is 18.2. The SMILES string of the molecule is CCCCCCCCCCCCCCCCOC(=O)CCCCCCC.